The number of nitrogens with zero attached hydrogens (tertiary/aromatic N) is 1. The maximum absolute atomic E-state index is 11.5. The van der Waals surface area contributed by atoms with E-state index >= 15 is 0 Å². The second kappa shape index (κ2) is 8.22. The molecule has 1 aromatic carbocycles. The van der Waals surface area contributed by atoms with Crippen molar-refractivity contribution < 1.29 is 18.8 Å². The number of carbonyl (C=O) groups excluding carboxylic acids is 1. The highest BCUT2D eigenvalue weighted by atomic mass is 16.5. The lowest BCUT2D eigenvalue weighted by molar-refractivity contribution is 0.0526. The van der Waals surface area contributed by atoms with Crippen molar-refractivity contribution in [1.29, 1.82) is 0 Å². The minimum atomic E-state index is -0.309. The molecule has 0 amide bonds. The highest BCUT2D eigenvalue weighted by Gasteiger charge is 2.06. The van der Waals surface area contributed by atoms with Crippen molar-refractivity contribution in [3.05, 3.63) is 47.3 Å². The molecule has 0 aliphatic heterocycles. The van der Waals surface area contributed by atoms with Gasteiger partial charge in [0.1, 0.15) is 11.5 Å². The summed E-state index contributed by atoms with van der Waals surface area (Å²) >= 11 is 0. The smallest absolute Gasteiger partial charge is 0.338 e. The molecule has 0 radical (unpaired) electrons. The van der Waals surface area contributed by atoms with Crippen molar-refractivity contribution in [3.8, 4) is 5.75 Å². The summed E-state index contributed by atoms with van der Waals surface area (Å²) in [6.45, 7) is 4.71. The van der Waals surface area contributed by atoms with Gasteiger partial charge in [-0.15, -0.1) is 0 Å². The topological polar surface area (TPSA) is 61.6 Å². The molecule has 0 fully saturated rings. The van der Waals surface area contributed by atoms with Gasteiger partial charge in [-0.1, -0.05) is 5.16 Å². The van der Waals surface area contributed by atoms with Crippen molar-refractivity contribution in [2.45, 2.75) is 33.1 Å². The van der Waals surface area contributed by atoms with E-state index in [1.54, 1.807) is 31.2 Å². The van der Waals surface area contributed by atoms with Gasteiger partial charge in [-0.3, -0.25) is 0 Å². The Morgan fingerprint density at radius 2 is 2.00 bits per heavy atom. The van der Waals surface area contributed by atoms with Gasteiger partial charge in [0, 0.05) is 12.5 Å². The van der Waals surface area contributed by atoms with E-state index in [0.717, 1.165) is 36.5 Å². The van der Waals surface area contributed by atoms with Crippen LogP contribution < -0.4 is 4.74 Å². The lowest BCUT2D eigenvalue weighted by Crippen LogP contribution is -2.04. The molecule has 118 valence electrons. The standard InChI is InChI=1S/C17H21NO4/c1-3-20-17(19)14-7-9-15(10-8-14)21-11-5-4-6-16-12-13(2)18-22-16/h7-10,12H,3-6,11H2,1-2H3. The van der Waals surface area contributed by atoms with Gasteiger partial charge in [-0.05, 0) is 51.0 Å². The quantitative estimate of drug-likeness (QED) is 0.551. The van der Waals surface area contributed by atoms with Crippen LogP contribution in [0, 0.1) is 6.92 Å². The van der Waals surface area contributed by atoms with Crippen molar-refractivity contribution in [1.82, 2.24) is 5.16 Å². The maximum atomic E-state index is 11.5. The summed E-state index contributed by atoms with van der Waals surface area (Å²) in [6.07, 6.45) is 2.78. The zero-order valence-electron chi connectivity index (χ0n) is 13.0. The summed E-state index contributed by atoms with van der Waals surface area (Å²) in [5, 5.41) is 3.85. The summed E-state index contributed by atoms with van der Waals surface area (Å²) in [5.74, 6) is 1.36. The van der Waals surface area contributed by atoms with Crippen LogP contribution in [0.4, 0.5) is 0 Å². The molecule has 5 heteroatoms. The van der Waals surface area contributed by atoms with E-state index in [0.29, 0.717) is 18.8 Å². The summed E-state index contributed by atoms with van der Waals surface area (Å²) in [7, 11) is 0. The largest absolute Gasteiger partial charge is 0.494 e. The number of esters is 1. The second-order valence-electron chi connectivity index (χ2n) is 4.99. The molecule has 2 aromatic rings. The first-order chi connectivity index (χ1) is 10.7. The predicted molar refractivity (Wildman–Crippen MR) is 82.1 cm³/mol. The fraction of sp³-hybridized carbons (Fsp3) is 0.412. The second-order valence-corrected chi connectivity index (χ2v) is 4.99. The summed E-state index contributed by atoms with van der Waals surface area (Å²) in [4.78, 5) is 11.5. The van der Waals surface area contributed by atoms with Crippen LogP contribution in [0.15, 0.2) is 34.9 Å². The zero-order valence-corrected chi connectivity index (χ0v) is 13.0. The molecule has 2 rings (SSSR count). The van der Waals surface area contributed by atoms with Crippen LogP contribution in [0.25, 0.3) is 0 Å². The normalized spacial score (nSPS) is 10.5. The molecule has 1 aromatic heterocycles. The van der Waals surface area contributed by atoms with Crippen LogP contribution in [0.3, 0.4) is 0 Å². The Morgan fingerprint density at radius 3 is 2.64 bits per heavy atom. The van der Waals surface area contributed by atoms with Gasteiger partial charge < -0.3 is 14.0 Å². The average molecular weight is 303 g/mol. The third-order valence-electron chi connectivity index (χ3n) is 3.13. The fourth-order valence-corrected chi connectivity index (χ4v) is 2.03. The van der Waals surface area contributed by atoms with E-state index in [2.05, 4.69) is 5.16 Å². The fourth-order valence-electron chi connectivity index (χ4n) is 2.03. The summed E-state index contributed by atoms with van der Waals surface area (Å²) in [6, 6.07) is 8.95. The van der Waals surface area contributed by atoms with Crippen molar-refractivity contribution >= 4 is 5.97 Å². The Kier molecular flexibility index (Phi) is 6.01. The first kappa shape index (κ1) is 16.1. The van der Waals surface area contributed by atoms with Gasteiger partial charge in [-0.2, -0.15) is 0 Å². The molecule has 0 spiro atoms. The van der Waals surface area contributed by atoms with E-state index < -0.39 is 0 Å². The number of carbonyl (C=O) groups is 1. The number of hydrogen-bond acceptors (Lipinski definition) is 5. The van der Waals surface area contributed by atoms with E-state index in [4.69, 9.17) is 14.0 Å². The number of benzene rings is 1. The van der Waals surface area contributed by atoms with E-state index in [1.165, 1.54) is 0 Å². The van der Waals surface area contributed by atoms with Gasteiger partial charge in [0.05, 0.1) is 24.5 Å². The third kappa shape index (κ3) is 4.91. The molecule has 22 heavy (non-hydrogen) atoms. The number of rotatable bonds is 8. The molecule has 5 nitrogen and oxygen atoms in total. The number of hydrogen-bond donors (Lipinski definition) is 0. The van der Waals surface area contributed by atoms with Crippen LogP contribution in [-0.2, 0) is 11.2 Å². The van der Waals surface area contributed by atoms with Crippen LogP contribution in [-0.4, -0.2) is 24.3 Å². The van der Waals surface area contributed by atoms with Crippen LogP contribution in [0.1, 0.15) is 41.6 Å². The van der Waals surface area contributed by atoms with Crippen molar-refractivity contribution in [3.63, 3.8) is 0 Å². The number of aryl methyl sites for hydroxylation is 2. The summed E-state index contributed by atoms with van der Waals surface area (Å²) < 4.78 is 15.7. The van der Waals surface area contributed by atoms with Gasteiger partial charge in [0.25, 0.3) is 0 Å². The molecule has 1 heterocycles. The Balaban J connectivity index is 1.67. The lowest BCUT2D eigenvalue weighted by Gasteiger charge is -2.06. The van der Waals surface area contributed by atoms with E-state index in [1.807, 2.05) is 13.0 Å². The first-order valence-corrected chi connectivity index (χ1v) is 7.51. The number of aromatic nitrogens is 1. The lowest BCUT2D eigenvalue weighted by atomic mass is 10.2. The van der Waals surface area contributed by atoms with Gasteiger partial charge in [0.2, 0.25) is 0 Å². The zero-order chi connectivity index (χ0) is 15.8. The van der Waals surface area contributed by atoms with Crippen LogP contribution >= 0.6 is 0 Å². The van der Waals surface area contributed by atoms with E-state index in [-0.39, 0.29) is 5.97 Å². The predicted octanol–water partition coefficient (Wildman–Crippen LogP) is 3.56. The Morgan fingerprint density at radius 1 is 1.23 bits per heavy atom. The Hall–Kier alpha value is -2.30. The van der Waals surface area contributed by atoms with Crippen molar-refractivity contribution in [2.75, 3.05) is 13.2 Å². The molecule has 0 atom stereocenters. The molecule has 0 saturated heterocycles. The highest BCUT2D eigenvalue weighted by Crippen LogP contribution is 2.14. The molecule has 0 aliphatic rings. The SMILES string of the molecule is CCOC(=O)c1ccc(OCCCCc2cc(C)no2)cc1. The average Bonchev–Trinajstić information content (AvgIpc) is 2.93. The van der Waals surface area contributed by atoms with Crippen LogP contribution in [0.2, 0.25) is 0 Å². The monoisotopic (exact) mass is 303 g/mol. The summed E-state index contributed by atoms with van der Waals surface area (Å²) in [5.41, 5.74) is 1.45. The molecule has 0 aliphatic carbocycles. The minimum absolute atomic E-state index is 0.309. The molecule has 0 saturated carbocycles. The number of unbranched alkanes of at least 4 members (excludes halogenated alkanes) is 1. The maximum Gasteiger partial charge on any atom is 0.338 e. The minimum Gasteiger partial charge on any atom is -0.494 e. The van der Waals surface area contributed by atoms with Gasteiger partial charge in [0.15, 0.2) is 0 Å². The molecule has 0 bridgehead atoms. The third-order valence-corrected chi connectivity index (χ3v) is 3.13. The molecular weight excluding hydrogens is 282 g/mol. The first-order valence-electron chi connectivity index (χ1n) is 7.51. The Bertz CT molecular complexity index is 589. The number of ether oxygens (including phenoxy) is 2. The molecular formula is C17H21NO4. The van der Waals surface area contributed by atoms with Gasteiger partial charge >= 0.3 is 5.97 Å². The van der Waals surface area contributed by atoms with Crippen LogP contribution in [0.5, 0.6) is 5.75 Å². The van der Waals surface area contributed by atoms with E-state index in [9.17, 15) is 4.79 Å². The van der Waals surface area contributed by atoms with Gasteiger partial charge in [-0.25, -0.2) is 4.79 Å². The highest BCUT2D eigenvalue weighted by molar-refractivity contribution is 5.89. The van der Waals surface area contributed by atoms with Crippen molar-refractivity contribution in [2.24, 2.45) is 0 Å². The molecule has 0 N–H and O–H groups in total. The molecule has 0 unspecified atom stereocenters. The Labute approximate surface area is 130 Å².